The predicted octanol–water partition coefficient (Wildman–Crippen LogP) is 1.44. The molecule has 1 aliphatic heterocycles. The summed E-state index contributed by atoms with van der Waals surface area (Å²) in [6.07, 6.45) is 0.896. The number of likely N-dealkylation sites (N-methyl/N-ethyl adjacent to an activating group) is 1. The van der Waals surface area contributed by atoms with Gasteiger partial charge < -0.3 is 20.7 Å². The first kappa shape index (κ1) is 10.0. The summed E-state index contributed by atoms with van der Waals surface area (Å²) in [4.78, 5) is 16.0. The molecule has 0 amide bonds. The fraction of sp³-hybridized carbons (Fsp3) is 0.250. The van der Waals surface area contributed by atoms with Crippen LogP contribution in [0.3, 0.4) is 0 Å². The summed E-state index contributed by atoms with van der Waals surface area (Å²) >= 11 is 0. The number of hydrogen-bond donors (Lipinski definition) is 3. The first-order chi connectivity index (χ1) is 8.08. The highest BCUT2D eigenvalue weighted by molar-refractivity contribution is 6.00. The Balaban J connectivity index is 2.34. The minimum atomic E-state index is -0.945. The molecule has 1 aromatic heterocycles. The van der Waals surface area contributed by atoms with Gasteiger partial charge in [-0.2, -0.15) is 0 Å². The number of fused-ring (bicyclic) bond motifs is 3. The van der Waals surface area contributed by atoms with E-state index in [1.54, 1.807) is 6.07 Å². The number of nitrogens with zero attached hydrogens (tertiary/aromatic N) is 1. The van der Waals surface area contributed by atoms with Gasteiger partial charge in [-0.25, -0.2) is 4.79 Å². The van der Waals surface area contributed by atoms with Crippen LogP contribution in [0, 0.1) is 0 Å². The highest BCUT2D eigenvalue weighted by atomic mass is 16.4. The van der Waals surface area contributed by atoms with Crippen molar-refractivity contribution < 1.29 is 9.90 Å². The monoisotopic (exact) mass is 231 g/mol. The molecule has 1 aliphatic rings. The maximum absolute atomic E-state index is 10.9. The lowest BCUT2D eigenvalue weighted by Crippen LogP contribution is -2.13. The molecule has 2 heterocycles. The van der Waals surface area contributed by atoms with Crippen LogP contribution >= 0.6 is 0 Å². The molecule has 4 N–H and O–H groups in total. The lowest BCUT2D eigenvalue weighted by Gasteiger charge is -2.14. The Kier molecular flexibility index (Phi) is 1.86. The summed E-state index contributed by atoms with van der Waals surface area (Å²) in [5.74, 6) is -0.945. The number of aromatic amines is 1. The van der Waals surface area contributed by atoms with Crippen molar-refractivity contribution >= 4 is 28.2 Å². The van der Waals surface area contributed by atoms with Gasteiger partial charge in [0.15, 0.2) is 0 Å². The first-order valence-electron chi connectivity index (χ1n) is 5.46. The molecule has 0 bridgehead atoms. The van der Waals surface area contributed by atoms with Gasteiger partial charge in [-0.3, -0.25) is 0 Å². The maximum Gasteiger partial charge on any atom is 0.352 e. The molecular formula is C12H13N3O2. The number of carboxylic acid groups (broad SMARTS) is 1. The van der Waals surface area contributed by atoms with Crippen LogP contribution in [-0.2, 0) is 6.42 Å². The smallest absolute Gasteiger partial charge is 0.352 e. The second kappa shape index (κ2) is 3.16. The van der Waals surface area contributed by atoms with Crippen LogP contribution < -0.4 is 10.6 Å². The van der Waals surface area contributed by atoms with E-state index < -0.39 is 5.97 Å². The Morgan fingerprint density at radius 1 is 1.53 bits per heavy atom. The Labute approximate surface area is 97.8 Å². The standard InChI is InChI=1S/C12H13N3O2/c1-15-3-2-7-10-6(4-8(13)11(7)15)5-9(14-10)12(16)17/h4-5,14H,2-3,13H2,1H3,(H,16,17). The third-order valence-corrected chi connectivity index (χ3v) is 3.33. The Bertz CT molecular complexity index is 630. The number of benzene rings is 1. The van der Waals surface area contributed by atoms with E-state index >= 15 is 0 Å². The SMILES string of the molecule is CN1CCc2c1c(N)cc1cc(C(=O)O)[nH]c21. The second-order valence-corrected chi connectivity index (χ2v) is 4.42. The summed E-state index contributed by atoms with van der Waals surface area (Å²) in [5.41, 5.74) is 9.98. The van der Waals surface area contributed by atoms with Crippen molar-refractivity contribution in [3.05, 3.63) is 23.4 Å². The van der Waals surface area contributed by atoms with Gasteiger partial charge in [-0.05, 0) is 18.6 Å². The van der Waals surface area contributed by atoms with Crippen LogP contribution in [0.5, 0.6) is 0 Å². The quantitative estimate of drug-likeness (QED) is 0.648. The van der Waals surface area contributed by atoms with Gasteiger partial charge in [0.1, 0.15) is 5.69 Å². The van der Waals surface area contributed by atoms with Crippen molar-refractivity contribution in [3.63, 3.8) is 0 Å². The molecule has 0 aliphatic carbocycles. The molecular weight excluding hydrogens is 218 g/mol. The van der Waals surface area contributed by atoms with Gasteiger partial charge in [0.25, 0.3) is 0 Å². The van der Waals surface area contributed by atoms with Crippen LogP contribution in [0.1, 0.15) is 16.1 Å². The van der Waals surface area contributed by atoms with Crippen LogP contribution in [0.25, 0.3) is 10.9 Å². The lowest BCUT2D eigenvalue weighted by atomic mass is 10.1. The molecule has 0 fully saturated rings. The molecule has 88 valence electrons. The van der Waals surface area contributed by atoms with E-state index in [0.29, 0.717) is 5.69 Å². The van der Waals surface area contributed by atoms with Crippen molar-refractivity contribution in [2.24, 2.45) is 0 Å². The number of rotatable bonds is 1. The number of aromatic carboxylic acids is 1. The number of hydrogen-bond acceptors (Lipinski definition) is 3. The number of nitrogens with one attached hydrogen (secondary N) is 1. The highest BCUT2D eigenvalue weighted by Crippen LogP contribution is 2.38. The van der Waals surface area contributed by atoms with Gasteiger partial charge in [-0.1, -0.05) is 0 Å². The molecule has 5 nitrogen and oxygen atoms in total. The zero-order valence-corrected chi connectivity index (χ0v) is 9.45. The minimum absolute atomic E-state index is 0.211. The Morgan fingerprint density at radius 2 is 2.29 bits per heavy atom. The van der Waals surface area contributed by atoms with Crippen molar-refractivity contribution in [1.29, 1.82) is 0 Å². The molecule has 5 heteroatoms. The molecule has 1 aromatic carbocycles. The van der Waals surface area contributed by atoms with Crippen molar-refractivity contribution in [2.45, 2.75) is 6.42 Å². The van der Waals surface area contributed by atoms with Crippen LogP contribution in [0.15, 0.2) is 12.1 Å². The van der Waals surface area contributed by atoms with Gasteiger partial charge >= 0.3 is 5.97 Å². The minimum Gasteiger partial charge on any atom is -0.477 e. The zero-order valence-electron chi connectivity index (χ0n) is 9.45. The van der Waals surface area contributed by atoms with E-state index in [-0.39, 0.29) is 5.69 Å². The predicted molar refractivity (Wildman–Crippen MR) is 66.6 cm³/mol. The number of aromatic nitrogens is 1. The average Bonchev–Trinajstić information content (AvgIpc) is 2.82. The number of nitrogens with two attached hydrogens (primary N) is 1. The van der Waals surface area contributed by atoms with E-state index in [2.05, 4.69) is 9.88 Å². The molecule has 0 saturated heterocycles. The third kappa shape index (κ3) is 1.28. The highest BCUT2D eigenvalue weighted by Gasteiger charge is 2.23. The summed E-state index contributed by atoms with van der Waals surface area (Å²) in [5, 5.41) is 9.85. The number of carbonyl (C=O) groups is 1. The normalized spacial score (nSPS) is 14.3. The fourth-order valence-corrected chi connectivity index (χ4v) is 2.56. The van der Waals surface area contributed by atoms with Crippen molar-refractivity contribution in [1.82, 2.24) is 4.98 Å². The number of H-pyrrole nitrogens is 1. The van der Waals surface area contributed by atoms with Crippen LogP contribution in [-0.4, -0.2) is 29.7 Å². The number of carboxylic acids is 1. The van der Waals surface area contributed by atoms with Gasteiger partial charge in [0, 0.05) is 24.5 Å². The van der Waals surface area contributed by atoms with Crippen LogP contribution in [0.4, 0.5) is 11.4 Å². The summed E-state index contributed by atoms with van der Waals surface area (Å²) in [7, 11) is 2.00. The van der Waals surface area contributed by atoms with E-state index in [1.165, 1.54) is 0 Å². The molecule has 0 atom stereocenters. The van der Waals surface area contributed by atoms with Crippen molar-refractivity contribution in [3.8, 4) is 0 Å². The van der Waals surface area contributed by atoms with Gasteiger partial charge in [-0.15, -0.1) is 0 Å². The summed E-state index contributed by atoms with van der Waals surface area (Å²) < 4.78 is 0. The number of anilines is 2. The summed E-state index contributed by atoms with van der Waals surface area (Å²) in [6, 6.07) is 3.46. The first-order valence-corrected chi connectivity index (χ1v) is 5.46. The van der Waals surface area contributed by atoms with E-state index in [1.807, 2.05) is 13.1 Å². The fourth-order valence-electron chi connectivity index (χ4n) is 2.56. The second-order valence-electron chi connectivity index (χ2n) is 4.42. The van der Waals surface area contributed by atoms with E-state index in [9.17, 15) is 4.79 Å². The zero-order chi connectivity index (χ0) is 12.2. The van der Waals surface area contributed by atoms with Crippen LogP contribution in [0.2, 0.25) is 0 Å². The molecule has 0 spiro atoms. The largest absolute Gasteiger partial charge is 0.477 e. The molecule has 0 radical (unpaired) electrons. The molecule has 3 rings (SSSR count). The Morgan fingerprint density at radius 3 is 3.00 bits per heavy atom. The van der Waals surface area contributed by atoms with Gasteiger partial charge in [0.2, 0.25) is 0 Å². The molecule has 0 unspecified atom stereocenters. The van der Waals surface area contributed by atoms with E-state index in [4.69, 9.17) is 10.8 Å². The Hall–Kier alpha value is -2.17. The molecule has 2 aromatic rings. The van der Waals surface area contributed by atoms with Crippen molar-refractivity contribution in [2.75, 3.05) is 24.2 Å². The third-order valence-electron chi connectivity index (χ3n) is 3.33. The van der Waals surface area contributed by atoms with E-state index in [0.717, 1.165) is 35.1 Å². The molecule has 17 heavy (non-hydrogen) atoms. The molecule has 0 saturated carbocycles. The topological polar surface area (TPSA) is 82.3 Å². The maximum atomic E-state index is 10.9. The lowest BCUT2D eigenvalue weighted by molar-refractivity contribution is 0.0691. The average molecular weight is 231 g/mol. The summed E-state index contributed by atoms with van der Waals surface area (Å²) in [6.45, 7) is 0.917. The van der Waals surface area contributed by atoms with Gasteiger partial charge in [0.05, 0.1) is 16.9 Å². The number of nitrogen functional groups attached to an aromatic ring is 1.